The molecule has 1 aliphatic rings. The summed E-state index contributed by atoms with van der Waals surface area (Å²) in [5.41, 5.74) is 0.898. The van der Waals surface area contributed by atoms with Crippen LogP contribution < -0.4 is 10.2 Å². The number of carbonyl (C=O) groups excluding carboxylic acids is 1. The molecule has 4 rings (SSSR count). The number of nitrogens with zero attached hydrogens (tertiary/aromatic N) is 3. The summed E-state index contributed by atoms with van der Waals surface area (Å²) in [4.78, 5) is 19.6. The first kappa shape index (κ1) is 21.9. The Kier molecular flexibility index (Phi) is 7.15. The maximum atomic E-state index is 13.8. The summed E-state index contributed by atoms with van der Waals surface area (Å²) in [6.07, 6.45) is 0.280. The highest BCUT2D eigenvalue weighted by Crippen LogP contribution is 2.31. The Morgan fingerprint density at radius 1 is 1.27 bits per heavy atom. The van der Waals surface area contributed by atoms with E-state index >= 15 is 0 Å². The number of alkyl halides is 2. The molecule has 1 fully saturated rings. The van der Waals surface area contributed by atoms with Gasteiger partial charge in [-0.25, -0.2) is 13.8 Å². The van der Waals surface area contributed by atoms with Gasteiger partial charge in [0.15, 0.2) is 5.82 Å². The maximum absolute atomic E-state index is 13.8. The Morgan fingerprint density at radius 3 is 2.80 bits per heavy atom. The third kappa shape index (κ3) is 5.21. The molecule has 9 heteroatoms. The Morgan fingerprint density at radius 2 is 2.07 bits per heavy atom. The predicted molar refractivity (Wildman–Crippen MR) is 115 cm³/mol. The zero-order valence-corrected chi connectivity index (χ0v) is 17.8. The van der Waals surface area contributed by atoms with Crippen LogP contribution in [0.5, 0.6) is 0 Å². The van der Waals surface area contributed by atoms with Crippen LogP contribution in [0.15, 0.2) is 41.8 Å². The van der Waals surface area contributed by atoms with Crippen LogP contribution in [0, 0.1) is 0 Å². The molecule has 0 aliphatic carbocycles. The van der Waals surface area contributed by atoms with Crippen molar-refractivity contribution in [2.24, 2.45) is 0 Å². The zero-order valence-electron chi connectivity index (χ0n) is 17.0. The Bertz CT molecular complexity index is 958. The number of piperidine rings is 1. The molecule has 3 heterocycles. The molecule has 0 radical (unpaired) electrons. The van der Waals surface area contributed by atoms with Crippen molar-refractivity contribution in [3.05, 3.63) is 53.2 Å². The molecule has 2 N–H and O–H groups in total. The van der Waals surface area contributed by atoms with Gasteiger partial charge in [-0.15, -0.1) is 11.3 Å². The van der Waals surface area contributed by atoms with Gasteiger partial charge in [0.2, 0.25) is 0 Å². The van der Waals surface area contributed by atoms with E-state index in [9.17, 15) is 13.6 Å². The highest BCUT2D eigenvalue weighted by atomic mass is 32.1. The van der Waals surface area contributed by atoms with E-state index in [1.807, 2.05) is 31.4 Å². The summed E-state index contributed by atoms with van der Waals surface area (Å²) in [7, 11) is 0. The van der Waals surface area contributed by atoms with E-state index in [1.54, 1.807) is 29.2 Å². The largest absolute Gasteiger partial charge is 0.365 e. The zero-order chi connectivity index (χ0) is 21.6. The van der Waals surface area contributed by atoms with E-state index in [-0.39, 0.29) is 25.4 Å². The number of hydrogen-bond donors (Lipinski definition) is 2. The van der Waals surface area contributed by atoms with E-state index in [1.165, 1.54) is 11.3 Å². The molecular weight excluding hydrogens is 408 g/mol. The number of amides is 1. The van der Waals surface area contributed by atoms with E-state index < -0.39 is 5.92 Å². The first-order valence-corrected chi connectivity index (χ1v) is 10.8. The third-order valence-corrected chi connectivity index (χ3v) is 5.44. The van der Waals surface area contributed by atoms with E-state index in [2.05, 4.69) is 20.5 Å². The fraction of sp³-hybridized carbons (Fsp3) is 0.381. The summed E-state index contributed by atoms with van der Waals surface area (Å²) in [6.45, 7) is 4.30. The molecule has 0 atom stereocenters. The minimum absolute atomic E-state index is 0.115. The maximum Gasteiger partial charge on any atom is 0.265 e. The number of H-pyrrole nitrogens is 1. The highest BCUT2D eigenvalue weighted by molar-refractivity contribution is 7.13. The van der Waals surface area contributed by atoms with Gasteiger partial charge < -0.3 is 10.2 Å². The number of anilines is 1. The molecule has 0 saturated carbocycles. The second-order valence-electron chi connectivity index (χ2n) is 6.66. The highest BCUT2D eigenvalue weighted by Gasteiger charge is 2.36. The normalized spacial score (nSPS) is 15.3. The van der Waals surface area contributed by atoms with Gasteiger partial charge in [0, 0.05) is 18.7 Å². The number of thiophene rings is 1. The predicted octanol–water partition coefficient (Wildman–Crippen LogP) is 4.72. The van der Waals surface area contributed by atoms with Crippen LogP contribution in [0.2, 0.25) is 0 Å². The Balaban J connectivity index is 0.00000124. The molecule has 30 heavy (non-hydrogen) atoms. The number of nitrogens with one attached hydrogen (secondary N) is 2. The SMILES string of the molecule is CC.O=C(NCc1nc(-c2cccs2)n[nH]1)c1ccccc1N1CCCC(F)(F)C1. The lowest BCUT2D eigenvalue weighted by Crippen LogP contribution is -2.43. The molecule has 6 nitrogen and oxygen atoms in total. The second-order valence-corrected chi connectivity index (χ2v) is 7.61. The van der Waals surface area contributed by atoms with Crippen molar-refractivity contribution in [3.63, 3.8) is 0 Å². The molecule has 0 bridgehead atoms. The first-order chi connectivity index (χ1) is 14.5. The summed E-state index contributed by atoms with van der Waals surface area (Å²) in [5, 5.41) is 11.7. The smallest absolute Gasteiger partial charge is 0.265 e. The lowest BCUT2D eigenvalue weighted by atomic mass is 10.0. The summed E-state index contributed by atoms with van der Waals surface area (Å²) < 4.78 is 27.6. The topological polar surface area (TPSA) is 73.9 Å². The lowest BCUT2D eigenvalue weighted by molar-refractivity contribution is -0.0117. The molecule has 1 aromatic carbocycles. The monoisotopic (exact) mass is 433 g/mol. The van der Waals surface area contributed by atoms with Gasteiger partial charge in [0.1, 0.15) is 5.82 Å². The number of aromatic nitrogens is 3. The second kappa shape index (κ2) is 9.80. The molecule has 1 aliphatic heterocycles. The summed E-state index contributed by atoms with van der Waals surface area (Å²) in [6, 6.07) is 10.7. The molecule has 160 valence electrons. The van der Waals surface area contributed by atoms with Gasteiger partial charge in [0.05, 0.1) is 23.5 Å². The van der Waals surface area contributed by atoms with Crippen LogP contribution in [-0.4, -0.2) is 40.1 Å². The number of aromatic amines is 1. The minimum Gasteiger partial charge on any atom is -0.365 e. The van der Waals surface area contributed by atoms with Crippen molar-refractivity contribution in [2.75, 3.05) is 18.0 Å². The fourth-order valence-electron chi connectivity index (χ4n) is 3.26. The van der Waals surface area contributed by atoms with Crippen LogP contribution in [0.3, 0.4) is 0 Å². The fourth-order valence-corrected chi connectivity index (χ4v) is 3.92. The molecule has 1 amide bonds. The van der Waals surface area contributed by atoms with Crippen molar-refractivity contribution in [1.82, 2.24) is 20.5 Å². The number of halogens is 2. The van der Waals surface area contributed by atoms with E-state index in [0.717, 1.165) is 4.88 Å². The van der Waals surface area contributed by atoms with Crippen LogP contribution in [0.1, 0.15) is 42.9 Å². The van der Waals surface area contributed by atoms with Crippen molar-refractivity contribution < 1.29 is 13.6 Å². The van der Waals surface area contributed by atoms with Gasteiger partial charge in [-0.3, -0.25) is 9.89 Å². The van der Waals surface area contributed by atoms with Crippen molar-refractivity contribution in [2.45, 2.75) is 39.2 Å². The molecule has 3 aromatic rings. The first-order valence-electron chi connectivity index (χ1n) is 9.97. The van der Waals surface area contributed by atoms with Gasteiger partial charge in [-0.2, -0.15) is 5.10 Å². The van der Waals surface area contributed by atoms with Gasteiger partial charge in [-0.05, 0) is 30.0 Å². The third-order valence-electron chi connectivity index (χ3n) is 4.57. The van der Waals surface area contributed by atoms with Gasteiger partial charge in [0.25, 0.3) is 11.8 Å². The van der Waals surface area contributed by atoms with Crippen LogP contribution in [-0.2, 0) is 6.54 Å². The van der Waals surface area contributed by atoms with Crippen LogP contribution in [0.25, 0.3) is 10.7 Å². The minimum atomic E-state index is -2.74. The average Bonchev–Trinajstić information content (AvgIpc) is 3.44. The van der Waals surface area contributed by atoms with Crippen molar-refractivity contribution >= 4 is 22.9 Å². The quantitative estimate of drug-likeness (QED) is 0.610. The van der Waals surface area contributed by atoms with Gasteiger partial charge in [-0.1, -0.05) is 32.0 Å². The number of carbonyl (C=O) groups is 1. The van der Waals surface area contributed by atoms with Crippen molar-refractivity contribution in [3.8, 4) is 10.7 Å². The van der Waals surface area contributed by atoms with Crippen molar-refractivity contribution in [1.29, 1.82) is 0 Å². The molecule has 0 spiro atoms. The molecule has 1 saturated heterocycles. The molecule has 2 aromatic heterocycles. The standard InChI is InChI=1S/C19H19F2N5OS.C2H6/c20-19(21)8-4-9-26(12-19)14-6-2-1-5-13(14)18(27)22-11-16-23-17(25-24-16)15-7-3-10-28-15;1-2/h1-3,5-7,10H,4,8-9,11-12H2,(H,22,27)(H,23,24,25);1-2H3. The molecule has 0 unspecified atom stereocenters. The summed E-state index contributed by atoms with van der Waals surface area (Å²) >= 11 is 1.53. The number of para-hydroxylation sites is 1. The van der Waals surface area contributed by atoms with E-state index in [4.69, 9.17) is 0 Å². The number of benzene rings is 1. The Labute approximate surface area is 178 Å². The van der Waals surface area contributed by atoms with Crippen LogP contribution >= 0.6 is 11.3 Å². The lowest BCUT2D eigenvalue weighted by Gasteiger charge is -2.35. The number of hydrogen-bond acceptors (Lipinski definition) is 5. The van der Waals surface area contributed by atoms with Crippen LogP contribution in [0.4, 0.5) is 14.5 Å². The Hall–Kier alpha value is -2.81. The van der Waals surface area contributed by atoms with Gasteiger partial charge >= 0.3 is 0 Å². The number of rotatable bonds is 5. The molecular formula is C21H25F2N5OS. The average molecular weight is 434 g/mol. The summed E-state index contributed by atoms with van der Waals surface area (Å²) in [5.74, 6) is -1.97. The van der Waals surface area contributed by atoms with E-state index in [0.29, 0.717) is 35.9 Å².